The Labute approximate surface area is 63.3 Å². The first kappa shape index (κ1) is 9.47. The summed E-state index contributed by atoms with van der Waals surface area (Å²) in [5, 5.41) is 3.63. The van der Waals surface area contributed by atoms with Gasteiger partial charge in [-0.05, 0) is 27.2 Å². The molecule has 0 aromatic carbocycles. The van der Waals surface area contributed by atoms with Crippen molar-refractivity contribution in [2.45, 2.75) is 39.2 Å². The van der Waals surface area contributed by atoms with Gasteiger partial charge in [0.1, 0.15) is 5.60 Å². The molecular formula is C8H16NO. The zero-order valence-electron chi connectivity index (χ0n) is 7.05. The molecule has 0 aliphatic carbocycles. The Morgan fingerprint density at radius 1 is 1.60 bits per heavy atom. The van der Waals surface area contributed by atoms with Crippen LogP contribution in [0.1, 0.15) is 33.6 Å². The lowest BCUT2D eigenvalue weighted by atomic mass is 10.0. The van der Waals surface area contributed by atoms with Crippen molar-refractivity contribution in [2.75, 3.05) is 0 Å². The summed E-state index contributed by atoms with van der Waals surface area (Å²) in [5.74, 6) is 0. The lowest BCUT2D eigenvalue weighted by molar-refractivity contribution is -0.0198. The fourth-order valence-electron chi connectivity index (χ4n) is 0.828. The van der Waals surface area contributed by atoms with Crippen molar-refractivity contribution >= 4 is 6.21 Å². The third kappa shape index (κ3) is 4.36. The second-order valence-electron chi connectivity index (χ2n) is 2.89. The molecule has 0 heterocycles. The molecule has 0 aromatic heterocycles. The largest absolute Gasteiger partial charge is 0.390 e. The quantitative estimate of drug-likeness (QED) is 0.436. The number of hydrogen-bond acceptors (Lipinski definition) is 2. The highest BCUT2D eigenvalue weighted by Gasteiger charge is 2.16. The van der Waals surface area contributed by atoms with E-state index in [1.54, 1.807) is 0 Å². The van der Waals surface area contributed by atoms with Crippen molar-refractivity contribution in [3.8, 4) is 0 Å². The molecule has 0 saturated heterocycles. The number of rotatable bonds is 4. The molecule has 0 rings (SSSR count). The topological polar surface area (TPSA) is 21.6 Å². The van der Waals surface area contributed by atoms with Gasteiger partial charge in [-0.1, -0.05) is 18.5 Å². The molecule has 0 spiro atoms. The molecule has 2 heteroatoms. The predicted molar refractivity (Wildman–Crippen MR) is 43.9 cm³/mol. The average Bonchev–Trinajstić information content (AvgIpc) is 1.84. The van der Waals surface area contributed by atoms with E-state index in [1.807, 2.05) is 13.8 Å². The van der Waals surface area contributed by atoms with E-state index >= 15 is 0 Å². The van der Waals surface area contributed by atoms with Gasteiger partial charge in [-0.2, -0.15) is 0 Å². The third-order valence-corrected chi connectivity index (χ3v) is 1.23. The summed E-state index contributed by atoms with van der Waals surface area (Å²) in [6, 6.07) is 0. The summed E-state index contributed by atoms with van der Waals surface area (Å²) >= 11 is 0. The first-order valence-electron chi connectivity index (χ1n) is 3.61. The predicted octanol–water partition coefficient (Wildman–Crippen LogP) is 2.40. The van der Waals surface area contributed by atoms with Crippen LogP contribution in [0.5, 0.6) is 0 Å². The Kier molecular flexibility index (Phi) is 4.08. The van der Waals surface area contributed by atoms with E-state index in [2.05, 4.69) is 19.0 Å². The Hall–Kier alpha value is -0.530. The summed E-state index contributed by atoms with van der Waals surface area (Å²) < 4.78 is 0. The molecule has 0 aromatic rings. The molecule has 0 N–H and O–H groups in total. The normalized spacial score (nSPS) is 12.4. The minimum absolute atomic E-state index is 0.136. The van der Waals surface area contributed by atoms with Crippen molar-refractivity contribution in [3.05, 3.63) is 6.92 Å². The Balaban J connectivity index is 3.62. The molecule has 0 saturated carbocycles. The van der Waals surface area contributed by atoms with E-state index in [-0.39, 0.29) is 5.60 Å². The number of oxime groups is 1. The molecule has 0 amide bonds. The van der Waals surface area contributed by atoms with Gasteiger partial charge in [0.05, 0.1) is 0 Å². The summed E-state index contributed by atoms with van der Waals surface area (Å²) in [4.78, 5) is 5.13. The lowest BCUT2D eigenvalue weighted by Gasteiger charge is -2.20. The van der Waals surface area contributed by atoms with Crippen LogP contribution in [0.3, 0.4) is 0 Å². The fraction of sp³-hybridized carbons (Fsp3) is 0.750. The van der Waals surface area contributed by atoms with Gasteiger partial charge in [0.15, 0.2) is 0 Å². The molecule has 0 fully saturated rings. The highest BCUT2D eigenvalue weighted by atomic mass is 16.6. The minimum atomic E-state index is -0.136. The van der Waals surface area contributed by atoms with E-state index in [1.165, 1.54) is 6.21 Å². The van der Waals surface area contributed by atoms with Gasteiger partial charge >= 0.3 is 0 Å². The summed E-state index contributed by atoms with van der Waals surface area (Å²) in [6.07, 6.45) is 3.54. The molecule has 0 aliphatic heterocycles. The highest BCUT2D eigenvalue weighted by molar-refractivity contribution is 5.60. The smallest absolute Gasteiger partial charge is 0.132 e. The van der Waals surface area contributed by atoms with Crippen LogP contribution in [0.15, 0.2) is 5.16 Å². The first-order valence-corrected chi connectivity index (χ1v) is 3.61. The molecule has 59 valence electrons. The molecule has 0 bridgehead atoms. The fourth-order valence-corrected chi connectivity index (χ4v) is 0.828. The molecule has 0 unspecified atom stereocenters. The monoisotopic (exact) mass is 142 g/mol. The van der Waals surface area contributed by atoms with Crippen molar-refractivity contribution in [3.63, 3.8) is 0 Å². The summed E-state index contributed by atoms with van der Waals surface area (Å²) in [5.41, 5.74) is -0.136. The van der Waals surface area contributed by atoms with E-state index in [0.717, 1.165) is 12.8 Å². The van der Waals surface area contributed by atoms with Crippen molar-refractivity contribution in [1.29, 1.82) is 0 Å². The van der Waals surface area contributed by atoms with Crippen molar-refractivity contribution in [1.82, 2.24) is 0 Å². The molecule has 1 radical (unpaired) electrons. The van der Waals surface area contributed by atoms with Crippen LogP contribution in [0.4, 0.5) is 0 Å². The SMILES string of the molecule is [CH2]C=NOC(C)(C)CCC. The minimum Gasteiger partial charge on any atom is -0.390 e. The van der Waals surface area contributed by atoms with Crippen LogP contribution in [0.2, 0.25) is 0 Å². The standard InChI is InChI=1S/C8H16NO/c1-5-7-8(3,4)10-9-6-2/h6H,2,5,7H2,1,3-4H3. The van der Waals surface area contributed by atoms with Crippen molar-refractivity contribution in [2.24, 2.45) is 5.16 Å². The zero-order valence-corrected chi connectivity index (χ0v) is 7.05. The van der Waals surface area contributed by atoms with Crippen molar-refractivity contribution < 1.29 is 4.84 Å². The zero-order chi connectivity index (χ0) is 8.04. The van der Waals surface area contributed by atoms with Crippen LogP contribution in [0.25, 0.3) is 0 Å². The second kappa shape index (κ2) is 4.31. The van der Waals surface area contributed by atoms with Crippen LogP contribution >= 0.6 is 0 Å². The molecule has 10 heavy (non-hydrogen) atoms. The van der Waals surface area contributed by atoms with Gasteiger partial charge in [0.2, 0.25) is 0 Å². The van der Waals surface area contributed by atoms with Gasteiger partial charge in [-0.15, -0.1) is 0 Å². The third-order valence-electron chi connectivity index (χ3n) is 1.23. The summed E-state index contributed by atoms with van der Waals surface area (Å²) in [7, 11) is 0. The van der Waals surface area contributed by atoms with Gasteiger partial charge in [0, 0.05) is 6.21 Å². The molecule has 0 atom stereocenters. The van der Waals surface area contributed by atoms with Crippen LogP contribution in [0, 0.1) is 6.92 Å². The van der Waals surface area contributed by atoms with Gasteiger partial charge in [0.25, 0.3) is 0 Å². The van der Waals surface area contributed by atoms with Gasteiger partial charge < -0.3 is 4.84 Å². The maximum Gasteiger partial charge on any atom is 0.132 e. The van der Waals surface area contributed by atoms with Crippen LogP contribution in [-0.4, -0.2) is 11.8 Å². The molecule has 2 nitrogen and oxygen atoms in total. The second-order valence-corrected chi connectivity index (χ2v) is 2.89. The first-order chi connectivity index (χ1) is 4.62. The van der Waals surface area contributed by atoms with Gasteiger partial charge in [-0.25, -0.2) is 0 Å². The number of nitrogens with zero attached hydrogens (tertiary/aromatic N) is 1. The van der Waals surface area contributed by atoms with Gasteiger partial charge in [-0.3, -0.25) is 0 Å². The lowest BCUT2D eigenvalue weighted by Crippen LogP contribution is -2.21. The molecular weight excluding hydrogens is 126 g/mol. The highest BCUT2D eigenvalue weighted by Crippen LogP contribution is 2.15. The Morgan fingerprint density at radius 3 is 2.60 bits per heavy atom. The Bertz CT molecular complexity index is 108. The van der Waals surface area contributed by atoms with Crippen LogP contribution in [-0.2, 0) is 4.84 Å². The van der Waals surface area contributed by atoms with Crippen LogP contribution < -0.4 is 0 Å². The number of hydrogen-bond donors (Lipinski definition) is 0. The Morgan fingerprint density at radius 2 is 2.20 bits per heavy atom. The van der Waals surface area contributed by atoms with E-state index < -0.39 is 0 Å². The van der Waals surface area contributed by atoms with E-state index in [9.17, 15) is 0 Å². The average molecular weight is 142 g/mol. The molecule has 0 aliphatic rings. The maximum atomic E-state index is 5.13. The summed E-state index contributed by atoms with van der Waals surface area (Å²) in [6.45, 7) is 9.59. The van der Waals surface area contributed by atoms with E-state index in [0.29, 0.717) is 0 Å². The maximum absolute atomic E-state index is 5.13. The van der Waals surface area contributed by atoms with E-state index in [4.69, 9.17) is 4.84 Å².